The number of benzene rings is 2. The van der Waals surface area contributed by atoms with E-state index in [1.54, 1.807) is 12.1 Å². The van der Waals surface area contributed by atoms with Crippen molar-refractivity contribution in [3.05, 3.63) is 53.6 Å². The Labute approximate surface area is 179 Å². The average molecular weight is 427 g/mol. The number of hydrogen-bond donors (Lipinski definition) is 0. The van der Waals surface area contributed by atoms with Gasteiger partial charge >= 0.3 is 5.97 Å². The van der Waals surface area contributed by atoms with Crippen LogP contribution < -0.4 is 4.74 Å². The van der Waals surface area contributed by atoms with Gasteiger partial charge in [-0.1, -0.05) is 0 Å². The smallest absolute Gasteiger partial charge is 0.313 e. The summed E-state index contributed by atoms with van der Waals surface area (Å²) in [5, 5.41) is 0. The Balaban J connectivity index is 1.39. The number of aliphatic imine (C=N–C) groups is 1. The molecule has 0 atom stereocenters. The van der Waals surface area contributed by atoms with Crippen molar-refractivity contribution in [2.75, 3.05) is 39.8 Å². The van der Waals surface area contributed by atoms with Gasteiger partial charge < -0.3 is 14.4 Å². The fourth-order valence-electron chi connectivity index (χ4n) is 4.30. The van der Waals surface area contributed by atoms with Gasteiger partial charge in [-0.3, -0.25) is 9.69 Å². The van der Waals surface area contributed by atoms with Gasteiger partial charge in [0.05, 0.1) is 18.1 Å². The van der Waals surface area contributed by atoms with Gasteiger partial charge in [0.25, 0.3) is 0 Å². The molecule has 162 valence electrons. The van der Waals surface area contributed by atoms with Crippen molar-refractivity contribution in [1.29, 1.82) is 0 Å². The molecule has 2 aromatic rings. The number of carbonyl (C=O) groups is 1. The molecular weight excluding hydrogens is 404 g/mol. The highest BCUT2D eigenvalue weighted by Crippen LogP contribution is 2.47. The molecular formula is C23H23F2N3O3. The summed E-state index contributed by atoms with van der Waals surface area (Å²) in [6.07, 6.45) is 1.74. The van der Waals surface area contributed by atoms with E-state index in [2.05, 4.69) is 9.80 Å². The van der Waals surface area contributed by atoms with Crippen LogP contribution in [0.3, 0.4) is 0 Å². The highest BCUT2D eigenvalue weighted by atomic mass is 19.1. The molecule has 5 rings (SSSR count). The molecule has 0 spiro atoms. The Morgan fingerprint density at radius 3 is 2.42 bits per heavy atom. The van der Waals surface area contributed by atoms with E-state index < -0.39 is 11.6 Å². The number of nitrogens with zero attached hydrogens (tertiary/aromatic N) is 3. The van der Waals surface area contributed by atoms with Gasteiger partial charge in [0.1, 0.15) is 28.9 Å². The zero-order chi connectivity index (χ0) is 21.6. The molecule has 0 bridgehead atoms. The van der Waals surface area contributed by atoms with Crippen LogP contribution >= 0.6 is 0 Å². The molecule has 2 heterocycles. The molecule has 0 aromatic heterocycles. The number of rotatable bonds is 3. The number of esters is 1. The lowest BCUT2D eigenvalue weighted by molar-refractivity contribution is -0.148. The molecule has 2 fully saturated rings. The van der Waals surface area contributed by atoms with Crippen LogP contribution in [-0.2, 0) is 9.53 Å². The topological polar surface area (TPSA) is 54.4 Å². The zero-order valence-corrected chi connectivity index (χ0v) is 17.2. The van der Waals surface area contributed by atoms with E-state index in [0.29, 0.717) is 42.5 Å². The summed E-state index contributed by atoms with van der Waals surface area (Å²) in [6, 6.07) is 8.48. The van der Waals surface area contributed by atoms with Crippen molar-refractivity contribution in [3.63, 3.8) is 0 Å². The fourth-order valence-corrected chi connectivity index (χ4v) is 4.30. The van der Waals surface area contributed by atoms with Gasteiger partial charge in [-0.25, -0.2) is 13.8 Å². The van der Waals surface area contributed by atoms with Gasteiger partial charge in [0, 0.05) is 44.9 Å². The van der Waals surface area contributed by atoms with E-state index >= 15 is 0 Å². The summed E-state index contributed by atoms with van der Waals surface area (Å²) in [5.74, 6) is 0.250. The van der Waals surface area contributed by atoms with E-state index in [1.165, 1.54) is 31.4 Å². The first kappa shape index (κ1) is 19.9. The molecule has 0 N–H and O–H groups in total. The number of amidine groups is 1. The first-order valence-electron chi connectivity index (χ1n) is 10.4. The number of hydrogen-bond acceptors (Lipinski definition) is 6. The lowest BCUT2D eigenvalue weighted by Gasteiger charge is -2.37. The van der Waals surface area contributed by atoms with Crippen LogP contribution in [0.15, 0.2) is 41.4 Å². The van der Waals surface area contributed by atoms with E-state index in [-0.39, 0.29) is 17.1 Å². The van der Waals surface area contributed by atoms with Crippen molar-refractivity contribution < 1.29 is 23.0 Å². The Morgan fingerprint density at radius 2 is 1.74 bits per heavy atom. The van der Waals surface area contributed by atoms with Crippen molar-refractivity contribution in [3.8, 4) is 11.5 Å². The maximum atomic E-state index is 13.9. The van der Waals surface area contributed by atoms with Crippen LogP contribution in [0.5, 0.6) is 11.5 Å². The Morgan fingerprint density at radius 1 is 1.06 bits per heavy atom. The summed E-state index contributed by atoms with van der Waals surface area (Å²) >= 11 is 0. The predicted octanol–water partition coefficient (Wildman–Crippen LogP) is 3.72. The van der Waals surface area contributed by atoms with Gasteiger partial charge in [-0.05, 0) is 37.1 Å². The second-order valence-electron chi connectivity index (χ2n) is 8.33. The van der Waals surface area contributed by atoms with Crippen LogP contribution in [-0.4, -0.2) is 61.4 Å². The van der Waals surface area contributed by atoms with Crippen LogP contribution in [0.1, 0.15) is 18.4 Å². The van der Waals surface area contributed by atoms with E-state index in [1.807, 2.05) is 0 Å². The normalized spacial score (nSPS) is 19.5. The van der Waals surface area contributed by atoms with Crippen molar-refractivity contribution in [2.24, 2.45) is 10.4 Å². The molecule has 2 aliphatic heterocycles. The molecule has 0 amide bonds. The van der Waals surface area contributed by atoms with Crippen molar-refractivity contribution >= 4 is 17.5 Å². The number of methoxy groups -OCH3 is 1. The third-order valence-electron chi connectivity index (χ3n) is 6.22. The predicted molar refractivity (Wildman–Crippen MR) is 111 cm³/mol. The van der Waals surface area contributed by atoms with E-state index in [4.69, 9.17) is 14.5 Å². The minimum Gasteiger partial charge on any atom is -0.469 e. The summed E-state index contributed by atoms with van der Waals surface area (Å²) in [4.78, 5) is 21.3. The van der Waals surface area contributed by atoms with Crippen LogP contribution in [0.2, 0.25) is 0 Å². The van der Waals surface area contributed by atoms with Gasteiger partial charge in [-0.15, -0.1) is 0 Å². The molecule has 8 heteroatoms. The summed E-state index contributed by atoms with van der Waals surface area (Å²) < 4.78 is 38.5. The number of ether oxygens (including phenoxy) is 2. The number of piperazine rings is 1. The van der Waals surface area contributed by atoms with E-state index in [9.17, 15) is 13.6 Å². The maximum Gasteiger partial charge on any atom is 0.313 e. The van der Waals surface area contributed by atoms with Gasteiger partial charge in [0.2, 0.25) is 0 Å². The second kappa shape index (κ2) is 7.60. The minimum absolute atomic E-state index is 0.125. The molecule has 1 saturated carbocycles. The quantitative estimate of drug-likeness (QED) is 0.699. The summed E-state index contributed by atoms with van der Waals surface area (Å²) in [5.41, 5.74) is 0.815. The van der Waals surface area contributed by atoms with E-state index in [0.717, 1.165) is 25.9 Å². The van der Waals surface area contributed by atoms with Crippen molar-refractivity contribution in [1.82, 2.24) is 9.80 Å². The molecule has 2 aromatic carbocycles. The molecule has 6 nitrogen and oxygen atoms in total. The Bertz CT molecular complexity index is 1060. The maximum absolute atomic E-state index is 13.9. The fraction of sp³-hybridized carbons (Fsp3) is 0.391. The molecule has 0 unspecified atom stereocenters. The number of carbonyl (C=O) groups excluding carboxylic acids is 1. The number of halogens is 2. The molecule has 1 saturated heterocycles. The minimum atomic E-state index is -0.441. The Kier molecular flexibility index (Phi) is 4.89. The van der Waals surface area contributed by atoms with Crippen LogP contribution in [0.25, 0.3) is 0 Å². The average Bonchev–Trinajstić information content (AvgIpc) is 3.56. The van der Waals surface area contributed by atoms with Gasteiger partial charge in [-0.2, -0.15) is 0 Å². The largest absolute Gasteiger partial charge is 0.469 e. The lowest BCUT2D eigenvalue weighted by atomic mass is 10.1. The molecule has 31 heavy (non-hydrogen) atoms. The third kappa shape index (κ3) is 3.76. The third-order valence-corrected chi connectivity index (χ3v) is 6.22. The second-order valence-corrected chi connectivity index (χ2v) is 8.33. The highest BCUT2D eigenvalue weighted by molar-refractivity contribution is 6.03. The van der Waals surface area contributed by atoms with Gasteiger partial charge in [0.15, 0.2) is 5.75 Å². The summed E-state index contributed by atoms with van der Waals surface area (Å²) in [7, 11) is 1.44. The molecule has 1 aliphatic carbocycles. The monoisotopic (exact) mass is 427 g/mol. The highest BCUT2D eigenvalue weighted by Gasteiger charge is 2.52. The van der Waals surface area contributed by atoms with Crippen LogP contribution in [0.4, 0.5) is 14.5 Å². The number of fused-ring (bicyclic) bond motifs is 2. The first-order valence-corrected chi connectivity index (χ1v) is 10.4. The molecule has 0 radical (unpaired) electrons. The molecule has 3 aliphatic rings. The standard InChI is InChI=1S/C23H23F2N3O3/c1-30-22(29)23(6-7-23)14-27-8-10-28(11-9-27)21-17-4-2-15(24)12-19(17)31-20-13-16(25)3-5-18(20)26-21/h2-5,12-13H,6-11,14H2,1H3. The SMILES string of the molecule is COC(=O)C1(CN2CCN(C3=Nc4ccc(F)cc4Oc4cc(F)ccc43)CC2)CC1. The van der Waals surface area contributed by atoms with Crippen molar-refractivity contribution in [2.45, 2.75) is 12.8 Å². The summed E-state index contributed by atoms with van der Waals surface area (Å²) in [6.45, 7) is 3.64. The lowest BCUT2D eigenvalue weighted by Crippen LogP contribution is -2.51. The van der Waals surface area contributed by atoms with Crippen LogP contribution in [0, 0.1) is 17.0 Å². The zero-order valence-electron chi connectivity index (χ0n) is 17.2. The first-order chi connectivity index (χ1) is 15.0. The Hall–Kier alpha value is -3.00.